The van der Waals surface area contributed by atoms with Gasteiger partial charge in [-0.2, -0.15) is 4.31 Å². The molecule has 1 heterocycles. The molecule has 0 saturated carbocycles. The average Bonchev–Trinajstić information content (AvgIpc) is 2.67. The molecule has 0 aromatic heterocycles. The van der Waals surface area contributed by atoms with Crippen molar-refractivity contribution in [3.8, 4) is 5.75 Å². The highest BCUT2D eigenvalue weighted by Gasteiger charge is 2.32. The van der Waals surface area contributed by atoms with E-state index in [0.29, 0.717) is 5.56 Å². The molecule has 3 rings (SSSR count). The van der Waals surface area contributed by atoms with Crippen LogP contribution in [-0.4, -0.2) is 49.9 Å². The number of nitrogens with zero attached hydrogens (tertiary/aromatic N) is 1. The molecular formula is C20H22N2O6S. The number of rotatable bonds is 5. The summed E-state index contributed by atoms with van der Waals surface area (Å²) < 4.78 is 37.9. The maximum Gasteiger partial charge on any atom is 0.343 e. The first kappa shape index (κ1) is 21.0. The molecule has 1 aliphatic heterocycles. The van der Waals surface area contributed by atoms with E-state index in [1.807, 2.05) is 13.8 Å². The van der Waals surface area contributed by atoms with Crippen LogP contribution in [0.15, 0.2) is 53.4 Å². The maximum absolute atomic E-state index is 12.9. The van der Waals surface area contributed by atoms with E-state index in [4.69, 9.17) is 15.2 Å². The van der Waals surface area contributed by atoms with E-state index < -0.39 is 21.9 Å². The van der Waals surface area contributed by atoms with Crippen LogP contribution in [0.2, 0.25) is 0 Å². The van der Waals surface area contributed by atoms with E-state index in [2.05, 4.69) is 0 Å². The van der Waals surface area contributed by atoms with Gasteiger partial charge in [-0.05, 0) is 62.4 Å². The van der Waals surface area contributed by atoms with E-state index in [9.17, 15) is 18.0 Å². The third kappa shape index (κ3) is 4.81. The van der Waals surface area contributed by atoms with Crippen LogP contribution < -0.4 is 10.5 Å². The summed E-state index contributed by atoms with van der Waals surface area (Å²) in [5.41, 5.74) is 5.67. The van der Waals surface area contributed by atoms with Gasteiger partial charge in [0.05, 0.1) is 22.7 Å². The van der Waals surface area contributed by atoms with Crippen molar-refractivity contribution in [1.29, 1.82) is 0 Å². The minimum absolute atomic E-state index is 0.0983. The van der Waals surface area contributed by atoms with Crippen molar-refractivity contribution in [2.24, 2.45) is 5.73 Å². The zero-order chi connectivity index (χ0) is 21.2. The van der Waals surface area contributed by atoms with Gasteiger partial charge in [0, 0.05) is 18.7 Å². The number of hydrogen-bond donors (Lipinski definition) is 1. The van der Waals surface area contributed by atoms with E-state index >= 15 is 0 Å². The molecule has 2 aromatic rings. The summed E-state index contributed by atoms with van der Waals surface area (Å²) in [6.45, 7) is 4.20. The maximum atomic E-state index is 12.9. The molecule has 1 aliphatic rings. The van der Waals surface area contributed by atoms with Crippen LogP contribution in [0.4, 0.5) is 0 Å². The predicted octanol–water partition coefficient (Wildman–Crippen LogP) is 1.80. The molecule has 0 spiro atoms. The summed E-state index contributed by atoms with van der Waals surface area (Å²) in [6.07, 6.45) is -0.382. The molecule has 0 aliphatic carbocycles. The number of carbonyl (C=O) groups excluding carboxylic acids is 2. The molecule has 0 bridgehead atoms. The van der Waals surface area contributed by atoms with Gasteiger partial charge in [-0.15, -0.1) is 0 Å². The number of morpholine rings is 1. The minimum Gasteiger partial charge on any atom is -0.423 e. The third-order valence-corrected chi connectivity index (χ3v) is 6.31. The molecule has 154 valence electrons. The van der Waals surface area contributed by atoms with Crippen LogP contribution in [0.25, 0.3) is 0 Å². The molecule has 1 amide bonds. The number of esters is 1. The first-order valence-electron chi connectivity index (χ1n) is 9.04. The molecule has 8 nitrogen and oxygen atoms in total. The predicted molar refractivity (Wildman–Crippen MR) is 105 cm³/mol. The van der Waals surface area contributed by atoms with Gasteiger partial charge in [-0.3, -0.25) is 4.79 Å². The molecule has 2 atom stereocenters. The van der Waals surface area contributed by atoms with E-state index in [1.54, 1.807) is 0 Å². The standard InChI is InChI=1S/C20H22N2O6S/c1-13-11-22(12-14(2)27-13)29(25,26)18-9-5-16(6-10-18)20(24)28-17-7-3-15(4-8-17)19(21)23/h3-10,13-14H,11-12H2,1-2H3,(H2,21,23)/t13-,14-/m0/s1. The topological polar surface area (TPSA) is 116 Å². The molecule has 9 heteroatoms. The molecule has 29 heavy (non-hydrogen) atoms. The molecule has 2 N–H and O–H groups in total. The van der Waals surface area contributed by atoms with Crippen LogP contribution >= 0.6 is 0 Å². The lowest BCUT2D eigenvalue weighted by Gasteiger charge is -2.34. The minimum atomic E-state index is -3.68. The average molecular weight is 418 g/mol. The normalized spacial score (nSPS) is 20.2. The lowest BCUT2D eigenvalue weighted by atomic mass is 10.2. The van der Waals surface area contributed by atoms with Crippen LogP contribution in [0.1, 0.15) is 34.6 Å². The van der Waals surface area contributed by atoms with Crippen LogP contribution in [0.3, 0.4) is 0 Å². The number of primary amides is 1. The van der Waals surface area contributed by atoms with Gasteiger partial charge < -0.3 is 15.2 Å². The quantitative estimate of drug-likeness (QED) is 0.585. The molecule has 0 radical (unpaired) electrons. The summed E-state index contributed by atoms with van der Waals surface area (Å²) in [7, 11) is -3.68. The molecule has 1 saturated heterocycles. The Morgan fingerprint density at radius 3 is 2.00 bits per heavy atom. The second-order valence-electron chi connectivity index (χ2n) is 6.88. The van der Waals surface area contributed by atoms with Gasteiger partial charge in [-0.1, -0.05) is 0 Å². The van der Waals surface area contributed by atoms with Gasteiger partial charge in [0.25, 0.3) is 0 Å². The van der Waals surface area contributed by atoms with Crippen LogP contribution in [0, 0.1) is 0 Å². The Morgan fingerprint density at radius 2 is 1.48 bits per heavy atom. The zero-order valence-corrected chi connectivity index (χ0v) is 16.9. The van der Waals surface area contributed by atoms with Gasteiger partial charge in [0.1, 0.15) is 5.75 Å². The lowest BCUT2D eigenvalue weighted by Crippen LogP contribution is -2.48. The fourth-order valence-electron chi connectivity index (χ4n) is 3.09. The number of sulfonamides is 1. The van der Waals surface area contributed by atoms with Gasteiger partial charge in [-0.25, -0.2) is 13.2 Å². The van der Waals surface area contributed by atoms with Crippen molar-refractivity contribution in [2.45, 2.75) is 31.0 Å². The molecule has 2 aromatic carbocycles. The highest BCUT2D eigenvalue weighted by molar-refractivity contribution is 7.89. The van der Waals surface area contributed by atoms with E-state index in [-0.39, 0.29) is 41.5 Å². The smallest absolute Gasteiger partial charge is 0.343 e. The molecule has 0 unspecified atom stereocenters. The first-order chi connectivity index (χ1) is 13.7. The van der Waals surface area contributed by atoms with E-state index in [0.717, 1.165) is 0 Å². The number of hydrogen-bond acceptors (Lipinski definition) is 6. The first-order valence-corrected chi connectivity index (χ1v) is 10.5. The largest absolute Gasteiger partial charge is 0.423 e. The Balaban J connectivity index is 1.72. The highest BCUT2D eigenvalue weighted by Crippen LogP contribution is 2.22. The third-order valence-electron chi connectivity index (χ3n) is 4.46. The van der Waals surface area contributed by atoms with Gasteiger partial charge >= 0.3 is 5.97 Å². The van der Waals surface area contributed by atoms with Crippen molar-refractivity contribution in [3.63, 3.8) is 0 Å². The number of carbonyl (C=O) groups is 2. The van der Waals surface area contributed by atoms with Crippen molar-refractivity contribution in [1.82, 2.24) is 4.31 Å². The highest BCUT2D eigenvalue weighted by atomic mass is 32.2. The number of benzene rings is 2. The van der Waals surface area contributed by atoms with Crippen LogP contribution in [0.5, 0.6) is 5.75 Å². The zero-order valence-electron chi connectivity index (χ0n) is 16.1. The summed E-state index contributed by atoms with van der Waals surface area (Å²) in [5, 5.41) is 0. The second-order valence-corrected chi connectivity index (χ2v) is 8.82. The van der Waals surface area contributed by atoms with Crippen molar-refractivity contribution >= 4 is 21.9 Å². The summed E-state index contributed by atoms with van der Waals surface area (Å²) >= 11 is 0. The Morgan fingerprint density at radius 1 is 0.966 bits per heavy atom. The Hall–Kier alpha value is -2.75. The summed E-state index contributed by atoms with van der Waals surface area (Å²) in [5.74, 6) is -0.980. The Bertz CT molecular complexity index is 992. The van der Waals surface area contributed by atoms with Gasteiger partial charge in [0.2, 0.25) is 15.9 Å². The second kappa shape index (κ2) is 8.32. The van der Waals surface area contributed by atoms with E-state index in [1.165, 1.54) is 52.8 Å². The molecule has 1 fully saturated rings. The Kier molecular flexibility index (Phi) is 6.02. The van der Waals surface area contributed by atoms with Gasteiger partial charge in [0.15, 0.2) is 0 Å². The monoisotopic (exact) mass is 418 g/mol. The summed E-state index contributed by atoms with van der Waals surface area (Å²) in [6, 6.07) is 11.4. The number of ether oxygens (including phenoxy) is 2. The van der Waals surface area contributed by atoms with Crippen LogP contribution in [-0.2, 0) is 14.8 Å². The molecular weight excluding hydrogens is 396 g/mol. The Labute approximate surface area is 169 Å². The van der Waals surface area contributed by atoms with Crippen molar-refractivity contribution < 1.29 is 27.5 Å². The number of nitrogens with two attached hydrogens (primary N) is 1. The number of amides is 1. The fraction of sp³-hybridized carbons (Fsp3) is 0.300. The summed E-state index contributed by atoms with van der Waals surface area (Å²) in [4.78, 5) is 23.5. The SMILES string of the molecule is C[C@H]1CN(S(=O)(=O)c2ccc(C(=O)Oc3ccc(C(N)=O)cc3)cc2)C[C@H](C)O1. The van der Waals surface area contributed by atoms with Crippen molar-refractivity contribution in [2.75, 3.05) is 13.1 Å². The fourth-order valence-corrected chi connectivity index (χ4v) is 4.68. The lowest BCUT2D eigenvalue weighted by molar-refractivity contribution is -0.0440. The van der Waals surface area contributed by atoms with Crippen molar-refractivity contribution in [3.05, 3.63) is 59.7 Å².